The molecule has 0 atom stereocenters. The first-order valence-corrected chi connectivity index (χ1v) is 8.07. The van der Waals surface area contributed by atoms with Gasteiger partial charge in [0.2, 0.25) is 5.13 Å². The minimum atomic E-state index is -1.94. The Balaban J connectivity index is 1.76. The molecule has 2 aromatic carbocycles. The van der Waals surface area contributed by atoms with Gasteiger partial charge in [-0.25, -0.2) is 13.8 Å². The molecule has 3 rings (SSSR count). The van der Waals surface area contributed by atoms with Crippen molar-refractivity contribution in [3.8, 4) is 11.3 Å². The van der Waals surface area contributed by atoms with E-state index < -0.39 is 18.8 Å². The van der Waals surface area contributed by atoms with Crippen molar-refractivity contribution in [2.75, 3.05) is 5.43 Å². The van der Waals surface area contributed by atoms with E-state index in [1.54, 1.807) is 0 Å². The highest BCUT2D eigenvalue weighted by Crippen LogP contribution is 2.24. The Bertz CT molecular complexity index is 904. The van der Waals surface area contributed by atoms with Gasteiger partial charge >= 0.3 is 7.12 Å². The third-order valence-corrected chi connectivity index (χ3v) is 4.09. The quantitative estimate of drug-likeness (QED) is 0.371. The molecular formula is C16H12BF2N3O2S. The number of nitrogens with one attached hydrogen (secondary N) is 1. The first kappa shape index (κ1) is 17.2. The summed E-state index contributed by atoms with van der Waals surface area (Å²) in [6.45, 7) is 0. The highest BCUT2D eigenvalue weighted by molar-refractivity contribution is 7.14. The van der Waals surface area contributed by atoms with Crippen LogP contribution >= 0.6 is 11.3 Å². The summed E-state index contributed by atoms with van der Waals surface area (Å²) in [6, 6.07) is 11.1. The summed E-state index contributed by atoms with van der Waals surface area (Å²) in [4.78, 5) is 4.36. The predicted molar refractivity (Wildman–Crippen MR) is 95.0 cm³/mol. The molecule has 0 radical (unpaired) electrons. The maximum absolute atomic E-state index is 13.3. The lowest BCUT2D eigenvalue weighted by Crippen LogP contribution is -2.33. The fourth-order valence-corrected chi connectivity index (χ4v) is 2.81. The lowest BCUT2D eigenvalue weighted by Gasteiger charge is -2.05. The number of aromatic nitrogens is 1. The van der Waals surface area contributed by atoms with Gasteiger partial charge in [0, 0.05) is 10.9 Å². The van der Waals surface area contributed by atoms with Gasteiger partial charge in [-0.3, -0.25) is 5.43 Å². The highest BCUT2D eigenvalue weighted by Gasteiger charge is 2.18. The average Bonchev–Trinajstić information content (AvgIpc) is 3.07. The Kier molecular flexibility index (Phi) is 5.18. The van der Waals surface area contributed by atoms with Crippen LogP contribution in [0.2, 0.25) is 0 Å². The van der Waals surface area contributed by atoms with E-state index in [1.165, 1.54) is 17.6 Å². The second kappa shape index (κ2) is 7.52. The Morgan fingerprint density at radius 3 is 2.56 bits per heavy atom. The average molecular weight is 359 g/mol. The Morgan fingerprint density at radius 1 is 1.12 bits per heavy atom. The van der Waals surface area contributed by atoms with Crippen molar-refractivity contribution in [1.82, 2.24) is 4.98 Å². The molecule has 0 bridgehead atoms. The van der Waals surface area contributed by atoms with Crippen LogP contribution in [-0.2, 0) is 0 Å². The van der Waals surface area contributed by atoms with Gasteiger partial charge < -0.3 is 10.0 Å². The van der Waals surface area contributed by atoms with Crippen LogP contribution in [-0.4, -0.2) is 28.4 Å². The number of thiazole rings is 1. The molecule has 126 valence electrons. The second-order valence-electron chi connectivity index (χ2n) is 5.04. The predicted octanol–water partition coefficient (Wildman–Crippen LogP) is 2.21. The van der Waals surface area contributed by atoms with Crippen LogP contribution in [0.1, 0.15) is 5.56 Å². The lowest BCUT2D eigenvalue weighted by molar-refractivity contribution is 0.425. The van der Waals surface area contributed by atoms with Gasteiger partial charge in [0.05, 0.1) is 11.9 Å². The second-order valence-corrected chi connectivity index (χ2v) is 5.90. The molecule has 25 heavy (non-hydrogen) atoms. The zero-order chi connectivity index (χ0) is 17.8. The molecule has 0 amide bonds. The smallest absolute Gasteiger partial charge is 0.423 e. The number of hydrogen-bond donors (Lipinski definition) is 3. The Labute approximate surface area is 146 Å². The number of hydrogen-bond acceptors (Lipinski definition) is 6. The maximum Gasteiger partial charge on any atom is 0.489 e. The van der Waals surface area contributed by atoms with Gasteiger partial charge in [-0.2, -0.15) is 5.10 Å². The number of anilines is 1. The van der Waals surface area contributed by atoms with Crippen molar-refractivity contribution in [2.45, 2.75) is 0 Å². The number of hydrazone groups is 1. The molecule has 1 aromatic heterocycles. The van der Waals surface area contributed by atoms with Crippen molar-refractivity contribution in [2.24, 2.45) is 5.10 Å². The molecule has 0 aliphatic rings. The summed E-state index contributed by atoms with van der Waals surface area (Å²) >= 11 is 1.33. The number of nitrogens with zero attached hydrogens (tertiary/aromatic N) is 2. The zero-order valence-corrected chi connectivity index (χ0v) is 13.5. The van der Waals surface area contributed by atoms with Crippen LogP contribution in [0.15, 0.2) is 52.9 Å². The van der Waals surface area contributed by atoms with Crippen LogP contribution in [0.5, 0.6) is 0 Å². The molecule has 0 fully saturated rings. The molecule has 0 spiro atoms. The molecule has 3 N–H and O–H groups in total. The zero-order valence-electron chi connectivity index (χ0n) is 12.7. The first-order valence-electron chi connectivity index (χ1n) is 7.19. The Hall–Kier alpha value is -2.62. The molecule has 5 nitrogen and oxygen atoms in total. The van der Waals surface area contributed by atoms with Crippen molar-refractivity contribution >= 4 is 35.3 Å². The summed E-state index contributed by atoms with van der Waals surface area (Å²) in [7, 11) is -1.94. The van der Waals surface area contributed by atoms with Crippen LogP contribution in [0.3, 0.4) is 0 Å². The van der Waals surface area contributed by atoms with Crippen molar-refractivity contribution in [3.05, 3.63) is 65.0 Å². The molecule has 0 saturated carbocycles. The first-order chi connectivity index (χ1) is 12.0. The number of benzene rings is 2. The molecule has 0 aliphatic heterocycles. The molecule has 9 heteroatoms. The topological polar surface area (TPSA) is 77.7 Å². The summed E-state index contributed by atoms with van der Waals surface area (Å²) in [5, 5.41) is 24.7. The van der Waals surface area contributed by atoms with Crippen molar-refractivity contribution in [1.29, 1.82) is 0 Å². The van der Waals surface area contributed by atoms with Crippen LogP contribution in [0.25, 0.3) is 11.3 Å². The van der Waals surface area contributed by atoms with Crippen LogP contribution < -0.4 is 10.9 Å². The maximum atomic E-state index is 13.3. The van der Waals surface area contributed by atoms with Gasteiger partial charge in [0.1, 0.15) is 0 Å². The lowest BCUT2D eigenvalue weighted by atomic mass is 9.77. The number of halogens is 2. The molecule has 0 unspecified atom stereocenters. The van der Waals surface area contributed by atoms with E-state index in [2.05, 4.69) is 15.5 Å². The van der Waals surface area contributed by atoms with E-state index in [-0.39, 0.29) is 11.0 Å². The van der Waals surface area contributed by atoms with Crippen molar-refractivity contribution in [3.63, 3.8) is 0 Å². The fraction of sp³-hybridized carbons (Fsp3) is 0. The van der Waals surface area contributed by atoms with Crippen LogP contribution in [0, 0.1) is 11.6 Å². The molecule has 3 aromatic rings. The minimum Gasteiger partial charge on any atom is -0.423 e. The Morgan fingerprint density at radius 2 is 1.84 bits per heavy atom. The third-order valence-electron chi connectivity index (χ3n) is 3.34. The van der Waals surface area contributed by atoms with Gasteiger partial charge in [0.25, 0.3) is 0 Å². The SMILES string of the molecule is OB(O)c1cc(F)c(F)cc1C=NNc1nc(-c2ccccc2)cs1. The van der Waals surface area contributed by atoms with Gasteiger partial charge in [0.15, 0.2) is 11.6 Å². The van der Waals surface area contributed by atoms with Crippen LogP contribution in [0.4, 0.5) is 13.9 Å². The summed E-state index contributed by atoms with van der Waals surface area (Å²) in [5.74, 6) is -2.27. The fourth-order valence-electron chi connectivity index (χ4n) is 2.14. The van der Waals surface area contributed by atoms with E-state index in [4.69, 9.17) is 0 Å². The van der Waals surface area contributed by atoms with Crippen molar-refractivity contribution < 1.29 is 18.8 Å². The standard InChI is InChI=1S/C16H12BF2N3O2S/c18-13-6-11(12(17(23)24)7-14(13)19)8-20-22-16-21-15(9-25-16)10-4-2-1-3-5-10/h1-9,23-24H,(H,21,22). The van der Waals surface area contributed by atoms with E-state index >= 15 is 0 Å². The molecule has 0 aliphatic carbocycles. The molecule has 1 heterocycles. The minimum absolute atomic E-state index is 0.0428. The van der Waals surface area contributed by atoms with Gasteiger partial charge in [-0.15, -0.1) is 11.3 Å². The van der Waals surface area contributed by atoms with Gasteiger partial charge in [-0.05, 0) is 23.2 Å². The highest BCUT2D eigenvalue weighted by atomic mass is 32.1. The normalized spacial score (nSPS) is 11.0. The van der Waals surface area contributed by atoms with E-state index in [9.17, 15) is 18.8 Å². The van der Waals surface area contributed by atoms with E-state index in [0.717, 1.165) is 23.4 Å². The summed E-state index contributed by atoms with van der Waals surface area (Å²) in [6.07, 6.45) is 1.17. The summed E-state index contributed by atoms with van der Waals surface area (Å²) < 4.78 is 26.5. The number of rotatable bonds is 5. The largest absolute Gasteiger partial charge is 0.489 e. The molecule has 0 saturated heterocycles. The van der Waals surface area contributed by atoms with Gasteiger partial charge in [-0.1, -0.05) is 30.3 Å². The molecular weight excluding hydrogens is 347 g/mol. The third kappa shape index (κ3) is 4.08. The van der Waals surface area contributed by atoms with E-state index in [0.29, 0.717) is 5.13 Å². The van der Waals surface area contributed by atoms with E-state index in [1.807, 2.05) is 35.7 Å². The monoisotopic (exact) mass is 359 g/mol. The summed E-state index contributed by atoms with van der Waals surface area (Å²) in [5.41, 5.74) is 4.28.